The maximum atomic E-state index is 12.5. The zero-order valence-electron chi connectivity index (χ0n) is 17.1. The minimum Gasteiger partial charge on any atom is -0.340 e. The van der Waals surface area contributed by atoms with Crippen LogP contribution in [0, 0.1) is 5.41 Å². The molecular formula is C21H33N3O2. The van der Waals surface area contributed by atoms with Gasteiger partial charge in [-0.1, -0.05) is 59.7 Å². The van der Waals surface area contributed by atoms with Gasteiger partial charge in [0.15, 0.2) is 0 Å². The summed E-state index contributed by atoms with van der Waals surface area (Å²) < 4.78 is 0. The van der Waals surface area contributed by atoms with E-state index in [-0.39, 0.29) is 22.6 Å². The fourth-order valence-electron chi connectivity index (χ4n) is 3.22. The Balaban J connectivity index is 1.90. The Bertz CT molecular complexity index is 648. The quantitative estimate of drug-likeness (QED) is 0.902. The van der Waals surface area contributed by atoms with E-state index in [0.29, 0.717) is 19.6 Å². The van der Waals surface area contributed by atoms with E-state index in [1.54, 1.807) is 0 Å². The van der Waals surface area contributed by atoms with Gasteiger partial charge in [-0.05, 0) is 17.0 Å². The van der Waals surface area contributed by atoms with Crippen LogP contribution >= 0.6 is 0 Å². The lowest BCUT2D eigenvalue weighted by Crippen LogP contribution is -2.52. The number of carbonyl (C=O) groups excluding carboxylic acids is 2. The second kappa shape index (κ2) is 7.78. The van der Waals surface area contributed by atoms with Gasteiger partial charge in [0.05, 0.1) is 6.54 Å². The Hall–Kier alpha value is -1.88. The summed E-state index contributed by atoms with van der Waals surface area (Å²) in [7, 11) is 0. The molecule has 0 bridgehead atoms. The molecule has 144 valence electrons. The molecular weight excluding hydrogens is 326 g/mol. The predicted molar refractivity (Wildman–Crippen MR) is 106 cm³/mol. The third-order valence-electron chi connectivity index (χ3n) is 4.68. The SMILES string of the molecule is CC(C)(C)C(=O)N1CCN(CC(=O)Nc2ccccc2C(C)(C)C)CC1. The fraction of sp³-hybridized carbons (Fsp3) is 0.619. The van der Waals surface area contributed by atoms with Crippen molar-refractivity contribution in [2.24, 2.45) is 5.41 Å². The highest BCUT2D eigenvalue weighted by atomic mass is 16.2. The van der Waals surface area contributed by atoms with Crippen LogP contribution in [0.25, 0.3) is 0 Å². The molecule has 1 aromatic carbocycles. The summed E-state index contributed by atoms with van der Waals surface area (Å²) in [5, 5.41) is 3.06. The lowest BCUT2D eigenvalue weighted by molar-refractivity contribution is -0.141. The molecule has 0 aliphatic carbocycles. The molecule has 0 atom stereocenters. The summed E-state index contributed by atoms with van der Waals surface area (Å²) in [6, 6.07) is 7.97. The van der Waals surface area contributed by atoms with E-state index in [4.69, 9.17) is 0 Å². The summed E-state index contributed by atoms with van der Waals surface area (Å²) in [5.41, 5.74) is 1.64. The highest BCUT2D eigenvalue weighted by molar-refractivity contribution is 5.93. The molecule has 0 unspecified atom stereocenters. The number of piperazine rings is 1. The van der Waals surface area contributed by atoms with E-state index >= 15 is 0 Å². The van der Waals surface area contributed by atoms with Gasteiger partial charge in [0, 0.05) is 37.3 Å². The first kappa shape index (κ1) is 20.4. The lowest BCUT2D eigenvalue weighted by Gasteiger charge is -2.37. The van der Waals surface area contributed by atoms with E-state index in [9.17, 15) is 9.59 Å². The summed E-state index contributed by atoms with van der Waals surface area (Å²) >= 11 is 0. The number of carbonyl (C=O) groups is 2. The Morgan fingerprint density at radius 3 is 2.08 bits per heavy atom. The van der Waals surface area contributed by atoms with Crippen LogP contribution in [0.5, 0.6) is 0 Å². The zero-order chi connectivity index (χ0) is 19.5. The minimum absolute atomic E-state index is 0.00250. The van der Waals surface area contributed by atoms with Gasteiger partial charge >= 0.3 is 0 Å². The van der Waals surface area contributed by atoms with Crippen molar-refractivity contribution in [2.45, 2.75) is 47.0 Å². The van der Waals surface area contributed by atoms with Crippen LogP contribution in [0.2, 0.25) is 0 Å². The molecule has 2 amide bonds. The Morgan fingerprint density at radius 2 is 1.54 bits per heavy atom. The Labute approximate surface area is 157 Å². The van der Waals surface area contributed by atoms with E-state index in [1.807, 2.05) is 43.9 Å². The summed E-state index contributed by atoms with van der Waals surface area (Å²) in [4.78, 5) is 28.9. The van der Waals surface area contributed by atoms with Crippen molar-refractivity contribution in [3.63, 3.8) is 0 Å². The zero-order valence-corrected chi connectivity index (χ0v) is 17.1. The van der Waals surface area contributed by atoms with Gasteiger partial charge in [-0.2, -0.15) is 0 Å². The maximum Gasteiger partial charge on any atom is 0.238 e. The van der Waals surface area contributed by atoms with Crippen molar-refractivity contribution in [1.82, 2.24) is 9.80 Å². The van der Waals surface area contributed by atoms with Crippen molar-refractivity contribution in [3.8, 4) is 0 Å². The van der Waals surface area contributed by atoms with Crippen molar-refractivity contribution < 1.29 is 9.59 Å². The number of anilines is 1. The van der Waals surface area contributed by atoms with E-state index < -0.39 is 0 Å². The van der Waals surface area contributed by atoms with Gasteiger partial charge in [0.2, 0.25) is 11.8 Å². The number of benzene rings is 1. The van der Waals surface area contributed by atoms with Crippen LogP contribution in [-0.2, 0) is 15.0 Å². The fourth-order valence-corrected chi connectivity index (χ4v) is 3.22. The molecule has 1 aliphatic rings. The van der Waals surface area contributed by atoms with E-state index in [2.05, 4.69) is 37.1 Å². The Kier molecular flexibility index (Phi) is 6.12. The predicted octanol–water partition coefficient (Wildman–Crippen LogP) is 3.11. The topological polar surface area (TPSA) is 52.7 Å². The molecule has 1 saturated heterocycles. The largest absolute Gasteiger partial charge is 0.340 e. The van der Waals surface area contributed by atoms with Crippen LogP contribution in [0.4, 0.5) is 5.69 Å². The van der Waals surface area contributed by atoms with Gasteiger partial charge in [-0.25, -0.2) is 0 Å². The van der Waals surface area contributed by atoms with Crippen LogP contribution in [0.1, 0.15) is 47.1 Å². The van der Waals surface area contributed by atoms with Crippen LogP contribution in [0.3, 0.4) is 0 Å². The number of amides is 2. The smallest absolute Gasteiger partial charge is 0.238 e. The maximum absolute atomic E-state index is 12.5. The number of nitrogens with zero attached hydrogens (tertiary/aromatic N) is 2. The average Bonchev–Trinajstić information content (AvgIpc) is 2.53. The molecule has 1 aliphatic heterocycles. The number of nitrogens with one attached hydrogen (secondary N) is 1. The highest BCUT2D eigenvalue weighted by Crippen LogP contribution is 2.29. The summed E-state index contributed by atoms with van der Waals surface area (Å²) in [5.74, 6) is 0.179. The van der Waals surface area contributed by atoms with Gasteiger partial charge in [0.25, 0.3) is 0 Å². The minimum atomic E-state index is -0.351. The first-order chi connectivity index (χ1) is 12.0. The van der Waals surface area contributed by atoms with Crippen molar-refractivity contribution in [2.75, 3.05) is 38.0 Å². The van der Waals surface area contributed by atoms with E-state index in [1.165, 1.54) is 0 Å². The molecule has 0 aromatic heterocycles. The molecule has 1 N–H and O–H groups in total. The van der Waals surface area contributed by atoms with E-state index in [0.717, 1.165) is 24.3 Å². The van der Waals surface area contributed by atoms with Crippen molar-refractivity contribution >= 4 is 17.5 Å². The molecule has 0 spiro atoms. The number of hydrogen-bond acceptors (Lipinski definition) is 3. The molecule has 5 heteroatoms. The Morgan fingerprint density at radius 1 is 0.962 bits per heavy atom. The van der Waals surface area contributed by atoms with Crippen LogP contribution in [-0.4, -0.2) is 54.3 Å². The number of para-hydroxylation sites is 1. The third-order valence-corrected chi connectivity index (χ3v) is 4.68. The lowest BCUT2D eigenvalue weighted by atomic mass is 9.86. The third kappa shape index (κ3) is 5.31. The molecule has 1 fully saturated rings. The van der Waals surface area contributed by atoms with Gasteiger partial charge in [-0.3, -0.25) is 14.5 Å². The molecule has 1 aromatic rings. The normalized spacial score (nSPS) is 16.5. The highest BCUT2D eigenvalue weighted by Gasteiger charge is 2.30. The molecule has 5 nitrogen and oxygen atoms in total. The average molecular weight is 360 g/mol. The van der Waals surface area contributed by atoms with Crippen LogP contribution < -0.4 is 5.32 Å². The van der Waals surface area contributed by atoms with Gasteiger partial charge < -0.3 is 10.2 Å². The summed E-state index contributed by atoms with van der Waals surface area (Å²) in [6.45, 7) is 15.5. The molecule has 0 radical (unpaired) electrons. The first-order valence-electron chi connectivity index (χ1n) is 9.39. The van der Waals surface area contributed by atoms with Crippen LogP contribution in [0.15, 0.2) is 24.3 Å². The molecule has 0 saturated carbocycles. The molecule has 26 heavy (non-hydrogen) atoms. The van der Waals surface area contributed by atoms with Crippen molar-refractivity contribution in [3.05, 3.63) is 29.8 Å². The van der Waals surface area contributed by atoms with Crippen molar-refractivity contribution in [1.29, 1.82) is 0 Å². The monoisotopic (exact) mass is 359 g/mol. The number of rotatable bonds is 3. The molecule has 2 rings (SSSR count). The summed E-state index contributed by atoms with van der Waals surface area (Å²) in [6.07, 6.45) is 0. The second-order valence-corrected chi connectivity index (χ2v) is 9.16. The number of hydrogen-bond donors (Lipinski definition) is 1. The first-order valence-corrected chi connectivity index (χ1v) is 9.39. The standard InChI is InChI=1S/C21H33N3O2/c1-20(2,3)16-9-7-8-10-17(16)22-18(25)15-23-11-13-24(14-12-23)19(26)21(4,5)6/h7-10H,11-15H2,1-6H3,(H,22,25). The second-order valence-electron chi connectivity index (χ2n) is 9.16. The molecule has 1 heterocycles. The van der Waals surface area contributed by atoms with Gasteiger partial charge in [0.1, 0.15) is 0 Å². The van der Waals surface area contributed by atoms with Gasteiger partial charge in [-0.15, -0.1) is 0 Å².